The largest absolute Gasteiger partial charge is 0.409 e. The maximum absolute atomic E-state index is 14.2. The predicted octanol–water partition coefficient (Wildman–Crippen LogP) is 2.62. The van der Waals surface area contributed by atoms with Gasteiger partial charge in [0.15, 0.2) is 5.84 Å². The van der Waals surface area contributed by atoms with E-state index in [9.17, 15) is 4.39 Å². The fourth-order valence-electron chi connectivity index (χ4n) is 1.36. The molecule has 1 aromatic carbocycles. The maximum Gasteiger partial charge on any atom is 0.170 e. The minimum Gasteiger partial charge on any atom is -0.409 e. The molecule has 0 saturated heterocycles. The van der Waals surface area contributed by atoms with Gasteiger partial charge in [-0.1, -0.05) is 43.3 Å². The standard InChI is InChI=1S/C12H17FN2O/c1-8(2)12(3,13)10-6-4-9(5-7-10)11(14)15-16/h4-8,16H,1-3H3,(H2,14,15). The van der Waals surface area contributed by atoms with Crippen molar-refractivity contribution in [2.75, 3.05) is 0 Å². The normalized spacial score (nSPS) is 16.2. The summed E-state index contributed by atoms with van der Waals surface area (Å²) in [4.78, 5) is 0. The molecular formula is C12H17FN2O. The van der Waals surface area contributed by atoms with Gasteiger partial charge in [-0.2, -0.15) is 0 Å². The van der Waals surface area contributed by atoms with Crippen molar-refractivity contribution in [2.45, 2.75) is 26.4 Å². The Morgan fingerprint density at radius 1 is 1.38 bits per heavy atom. The van der Waals surface area contributed by atoms with Crippen molar-refractivity contribution < 1.29 is 9.60 Å². The van der Waals surface area contributed by atoms with Crippen molar-refractivity contribution >= 4 is 5.84 Å². The third-order valence-corrected chi connectivity index (χ3v) is 2.94. The summed E-state index contributed by atoms with van der Waals surface area (Å²) in [5.41, 5.74) is 5.22. The van der Waals surface area contributed by atoms with Crippen LogP contribution in [0.4, 0.5) is 4.39 Å². The van der Waals surface area contributed by atoms with Crippen LogP contribution in [-0.2, 0) is 5.67 Å². The molecule has 1 aromatic rings. The Hall–Kier alpha value is -1.58. The zero-order chi connectivity index (χ0) is 12.3. The van der Waals surface area contributed by atoms with E-state index in [0.717, 1.165) is 0 Å². The number of benzene rings is 1. The highest BCUT2D eigenvalue weighted by Gasteiger charge is 2.29. The van der Waals surface area contributed by atoms with E-state index in [1.807, 2.05) is 13.8 Å². The third kappa shape index (κ3) is 2.32. The summed E-state index contributed by atoms with van der Waals surface area (Å²) < 4.78 is 14.2. The van der Waals surface area contributed by atoms with E-state index in [1.54, 1.807) is 31.2 Å². The Bertz CT molecular complexity index is 383. The highest BCUT2D eigenvalue weighted by Crippen LogP contribution is 2.33. The van der Waals surface area contributed by atoms with E-state index >= 15 is 0 Å². The van der Waals surface area contributed by atoms with E-state index < -0.39 is 5.67 Å². The van der Waals surface area contributed by atoms with Crippen LogP contribution in [0.3, 0.4) is 0 Å². The first-order valence-electron chi connectivity index (χ1n) is 5.17. The van der Waals surface area contributed by atoms with Gasteiger partial charge in [0.05, 0.1) is 0 Å². The number of halogens is 1. The zero-order valence-electron chi connectivity index (χ0n) is 9.74. The summed E-state index contributed by atoms with van der Waals surface area (Å²) in [6.45, 7) is 5.21. The van der Waals surface area contributed by atoms with Gasteiger partial charge in [0, 0.05) is 5.56 Å². The number of nitrogens with two attached hydrogens (primary N) is 1. The number of amidine groups is 1. The van der Waals surface area contributed by atoms with E-state index in [1.165, 1.54) is 0 Å². The van der Waals surface area contributed by atoms with Crippen molar-refractivity contribution in [3.8, 4) is 0 Å². The SMILES string of the molecule is CC(C)C(C)(F)c1ccc(/C(N)=N/O)cc1. The quantitative estimate of drug-likeness (QED) is 0.359. The third-order valence-electron chi connectivity index (χ3n) is 2.94. The highest BCUT2D eigenvalue weighted by molar-refractivity contribution is 5.96. The van der Waals surface area contributed by atoms with E-state index in [-0.39, 0.29) is 11.8 Å². The Morgan fingerprint density at radius 2 is 1.88 bits per heavy atom. The van der Waals surface area contributed by atoms with Crippen molar-refractivity contribution in [3.05, 3.63) is 35.4 Å². The molecule has 0 aliphatic heterocycles. The maximum atomic E-state index is 14.2. The highest BCUT2D eigenvalue weighted by atomic mass is 19.1. The lowest BCUT2D eigenvalue weighted by molar-refractivity contribution is 0.123. The molecule has 0 heterocycles. The molecule has 1 rings (SSSR count). The molecule has 1 unspecified atom stereocenters. The number of oxime groups is 1. The van der Waals surface area contributed by atoms with Gasteiger partial charge < -0.3 is 10.9 Å². The number of alkyl halides is 1. The minimum atomic E-state index is -1.37. The molecule has 0 fully saturated rings. The second-order valence-corrected chi connectivity index (χ2v) is 4.29. The van der Waals surface area contributed by atoms with Gasteiger partial charge in [0.1, 0.15) is 5.67 Å². The van der Waals surface area contributed by atoms with Crippen LogP contribution in [0.5, 0.6) is 0 Å². The fourth-order valence-corrected chi connectivity index (χ4v) is 1.36. The summed E-state index contributed by atoms with van der Waals surface area (Å²) in [7, 11) is 0. The van der Waals surface area contributed by atoms with Crippen LogP contribution >= 0.6 is 0 Å². The average Bonchev–Trinajstić information content (AvgIpc) is 2.28. The number of nitrogens with zero attached hydrogens (tertiary/aromatic N) is 1. The van der Waals surface area contributed by atoms with E-state index in [2.05, 4.69) is 5.16 Å². The number of hydrogen-bond acceptors (Lipinski definition) is 2. The summed E-state index contributed by atoms with van der Waals surface area (Å²) in [6.07, 6.45) is 0. The second-order valence-electron chi connectivity index (χ2n) is 4.29. The molecule has 0 radical (unpaired) electrons. The van der Waals surface area contributed by atoms with Gasteiger partial charge in [-0.05, 0) is 18.4 Å². The molecule has 1 atom stereocenters. The monoisotopic (exact) mass is 224 g/mol. The molecule has 3 N–H and O–H groups in total. The molecule has 3 nitrogen and oxygen atoms in total. The van der Waals surface area contributed by atoms with Gasteiger partial charge in [-0.3, -0.25) is 0 Å². The molecule has 16 heavy (non-hydrogen) atoms. The Morgan fingerprint density at radius 3 is 2.25 bits per heavy atom. The molecule has 0 aromatic heterocycles. The second kappa shape index (κ2) is 4.51. The summed E-state index contributed by atoms with van der Waals surface area (Å²) >= 11 is 0. The minimum absolute atomic E-state index is 0.0247. The molecule has 0 aliphatic carbocycles. The van der Waals surface area contributed by atoms with Crippen LogP contribution in [0.2, 0.25) is 0 Å². The van der Waals surface area contributed by atoms with Gasteiger partial charge in [0.25, 0.3) is 0 Å². The van der Waals surface area contributed by atoms with Crippen LogP contribution in [0.1, 0.15) is 31.9 Å². The van der Waals surface area contributed by atoms with Crippen molar-refractivity contribution in [1.82, 2.24) is 0 Å². The van der Waals surface area contributed by atoms with Gasteiger partial charge in [-0.15, -0.1) is 0 Å². The molecule has 4 heteroatoms. The number of rotatable bonds is 3. The van der Waals surface area contributed by atoms with Crippen LogP contribution in [0.15, 0.2) is 29.4 Å². The first-order chi connectivity index (χ1) is 7.39. The smallest absolute Gasteiger partial charge is 0.170 e. The van der Waals surface area contributed by atoms with Crippen molar-refractivity contribution in [2.24, 2.45) is 16.8 Å². The first kappa shape index (κ1) is 12.5. The lowest BCUT2D eigenvalue weighted by atomic mass is 9.86. The number of hydrogen-bond donors (Lipinski definition) is 2. The van der Waals surface area contributed by atoms with Crippen LogP contribution in [-0.4, -0.2) is 11.0 Å². The molecule has 88 valence electrons. The summed E-state index contributed by atoms with van der Waals surface area (Å²) in [5.74, 6) is -0.0844. The van der Waals surface area contributed by atoms with Crippen molar-refractivity contribution in [1.29, 1.82) is 0 Å². The van der Waals surface area contributed by atoms with E-state index in [4.69, 9.17) is 10.9 Å². The van der Waals surface area contributed by atoms with Crippen LogP contribution < -0.4 is 5.73 Å². The van der Waals surface area contributed by atoms with Gasteiger partial charge >= 0.3 is 0 Å². The predicted molar refractivity (Wildman–Crippen MR) is 62.3 cm³/mol. The fraction of sp³-hybridized carbons (Fsp3) is 0.417. The lowest BCUT2D eigenvalue weighted by Gasteiger charge is -2.25. The summed E-state index contributed by atoms with van der Waals surface area (Å²) in [5, 5.41) is 11.4. The molecule has 0 spiro atoms. The molecule has 0 aliphatic rings. The van der Waals surface area contributed by atoms with Gasteiger partial charge in [0.2, 0.25) is 0 Å². The Balaban J connectivity index is 3.04. The first-order valence-corrected chi connectivity index (χ1v) is 5.17. The average molecular weight is 224 g/mol. The molecular weight excluding hydrogens is 207 g/mol. The van der Waals surface area contributed by atoms with Crippen LogP contribution in [0, 0.1) is 5.92 Å². The zero-order valence-corrected chi connectivity index (χ0v) is 9.74. The lowest BCUT2D eigenvalue weighted by Crippen LogP contribution is -2.23. The van der Waals surface area contributed by atoms with Crippen LogP contribution in [0.25, 0.3) is 0 Å². The Labute approximate surface area is 94.8 Å². The molecule has 0 bridgehead atoms. The van der Waals surface area contributed by atoms with Gasteiger partial charge in [-0.25, -0.2) is 4.39 Å². The summed E-state index contributed by atoms with van der Waals surface area (Å²) in [6, 6.07) is 6.61. The topological polar surface area (TPSA) is 58.6 Å². The molecule has 0 saturated carbocycles. The molecule has 0 amide bonds. The van der Waals surface area contributed by atoms with Crippen molar-refractivity contribution in [3.63, 3.8) is 0 Å². The Kier molecular flexibility index (Phi) is 3.52. The van der Waals surface area contributed by atoms with E-state index in [0.29, 0.717) is 11.1 Å².